The molecule has 4 aromatic heterocycles. The van der Waals surface area contributed by atoms with Gasteiger partial charge in [-0.15, -0.1) is 54.1 Å². The zero-order valence-electron chi connectivity index (χ0n) is 29.5. The molecule has 0 N–H and O–H groups in total. The smallest absolute Gasteiger partial charge is 0.216 e. The van der Waals surface area contributed by atoms with Gasteiger partial charge in [0.25, 0.3) is 0 Å². The summed E-state index contributed by atoms with van der Waals surface area (Å²) in [7, 11) is 0. The summed E-state index contributed by atoms with van der Waals surface area (Å²) in [5, 5.41) is 4.57. The van der Waals surface area contributed by atoms with E-state index in [-0.39, 0.29) is 25.5 Å². The van der Waals surface area contributed by atoms with Crippen LogP contribution in [0.5, 0.6) is 0 Å². The van der Waals surface area contributed by atoms with Crippen molar-refractivity contribution in [3.8, 4) is 33.6 Å². The molecule has 0 unspecified atom stereocenters. The molecule has 0 bridgehead atoms. The van der Waals surface area contributed by atoms with E-state index in [4.69, 9.17) is 9.40 Å². The molecule has 4 nitrogen and oxygen atoms in total. The van der Waals surface area contributed by atoms with Crippen LogP contribution in [0.15, 0.2) is 114 Å². The van der Waals surface area contributed by atoms with Gasteiger partial charge in [0, 0.05) is 43.6 Å². The summed E-state index contributed by atoms with van der Waals surface area (Å²) >= 11 is 0. The van der Waals surface area contributed by atoms with Gasteiger partial charge in [0.15, 0.2) is 0 Å². The van der Waals surface area contributed by atoms with Crippen LogP contribution in [0, 0.1) is 39.8 Å². The van der Waals surface area contributed by atoms with Gasteiger partial charge >= 0.3 is 0 Å². The summed E-state index contributed by atoms with van der Waals surface area (Å²) in [5.74, 6) is 0. The minimum absolute atomic E-state index is 0. The molecule has 8 rings (SSSR count). The van der Waals surface area contributed by atoms with Gasteiger partial charge in [0.1, 0.15) is 0 Å². The second-order valence-electron chi connectivity index (χ2n) is 13.9. The summed E-state index contributed by atoms with van der Waals surface area (Å²) < 4.78 is 6.23. The molecule has 0 atom stereocenters. The summed E-state index contributed by atoms with van der Waals surface area (Å²) in [6.45, 7) is 15.1. The molecule has 50 heavy (non-hydrogen) atoms. The van der Waals surface area contributed by atoms with E-state index in [2.05, 4.69) is 105 Å². The molecule has 4 aromatic carbocycles. The Morgan fingerprint density at radius 2 is 1.44 bits per heavy atom. The molecule has 0 aliphatic rings. The number of fused-ring (bicyclic) bond motifs is 4. The summed E-state index contributed by atoms with van der Waals surface area (Å²) in [6.07, 6.45) is 3.82. The SMILES string of the molecule is Cc1ccc(-c2[c-]cccc2)nc1.Cc1ccc2c(n1)oc1c(-c3cc(-c4cc5ccc(C(C)(C)C)cc5cc4C)c(C)cn3)[c-]ccc12.[Ir]. The zero-order valence-corrected chi connectivity index (χ0v) is 31.9. The van der Waals surface area contributed by atoms with Crippen molar-refractivity contribution in [2.75, 3.05) is 0 Å². The maximum absolute atomic E-state index is 6.23. The number of nitrogens with zero attached hydrogens (tertiary/aromatic N) is 3. The fourth-order valence-corrected chi connectivity index (χ4v) is 6.20. The average Bonchev–Trinajstić information content (AvgIpc) is 3.46. The van der Waals surface area contributed by atoms with E-state index < -0.39 is 0 Å². The van der Waals surface area contributed by atoms with Crippen LogP contribution >= 0.6 is 0 Å². The third kappa shape index (κ3) is 7.03. The van der Waals surface area contributed by atoms with E-state index in [0.717, 1.165) is 50.1 Å². The van der Waals surface area contributed by atoms with E-state index in [1.807, 2.05) is 74.8 Å². The minimum atomic E-state index is 0. The molecule has 0 aliphatic heterocycles. The first-order valence-electron chi connectivity index (χ1n) is 16.7. The summed E-state index contributed by atoms with van der Waals surface area (Å²) in [5.41, 5.74) is 13.5. The molecule has 251 valence electrons. The van der Waals surface area contributed by atoms with Crippen LogP contribution < -0.4 is 0 Å². The van der Waals surface area contributed by atoms with E-state index in [1.165, 1.54) is 38.6 Å². The molecule has 8 aromatic rings. The number of aryl methyl sites for hydroxylation is 4. The molecular formula is C45H39IrN3O-2. The van der Waals surface area contributed by atoms with Crippen molar-refractivity contribution in [2.45, 2.75) is 53.9 Å². The van der Waals surface area contributed by atoms with Crippen LogP contribution in [0.4, 0.5) is 0 Å². The third-order valence-electron chi connectivity index (χ3n) is 9.03. The maximum atomic E-state index is 6.23. The quantitative estimate of drug-likeness (QED) is 0.166. The molecule has 0 fully saturated rings. The first-order valence-corrected chi connectivity index (χ1v) is 16.7. The maximum Gasteiger partial charge on any atom is 0.216 e. The molecule has 0 saturated heterocycles. The van der Waals surface area contributed by atoms with E-state index in [0.29, 0.717) is 5.71 Å². The Labute approximate surface area is 308 Å². The first-order chi connectivity index (χ1) is 23.5. The average molecular weight is 830 g/mol. The van der Waals surface area contributed by atoms with Crippen molar-refractivity contribution >= 4 is 32.8 Å². The van der Waals surface area contributed by atoms with E-state index in [1.54, 1.807) is 0 Å². The van der Waals surface area contributed by atoms with Gasteiger partial charge in [-0.2, -0.15) is 0 Å². The van der Waals surface area contributed by atoms with Crippen LogP contribution in [0.1, 0.15) is 48.7 Å². The Morgan fingerprint density at radius 3 is 2.18 bits per heavy atom. The first kappa shape index (κ1) is 34.9. The zero-order chi connectivity index (χ0) is 34.3. The largest absolute Gasteiger partial charge is 0.486 e. The normalized spacial score (nSPS) is 11.3. The van der Waals surface area contributed by atoms with Crippen LogP contribution in [-0.2, 0) is 25.5 Å². The van der Waals surface area contributed by atoms with Crippen LogP contribution in [-0.4, -0.2) is 15.0 Å². The minimum Gasteiger partial charge on any atom is -0.486 e. The molecule has 4 heterocycles. The van der Waals surface area contributed by atoms with Gasteiger partial charge in [-0.05, 0) is 107 Å². The number of pyridine rings is 3. The Balaban J connectivity index is 0.000000260. The van der Waals surface area contributed by atoms with E-state index in [9.17, 15) is 0 Å². The Morgan fingerprint density at radius 1 is 0.640 bits per heavy atom. The Kier molecular flexibility index (Phi) is 9.84. The van der Waals surface area contributed by atoms with Gasteiger partial charge in [0.05, 0.1) is 5.58 Å². The monoisotopic (exact) mass is 830 g/mol. The second kappa shape index (κ2) is 14.1. The number of hydrogen-bond donors (Lipinski definition) is 0. The molecular weight excluding hydrogens is 791 g/mol. The van der Waals surface area contributed by atoms with Crippen molar-refractivity contribution in [3.63, 3.8) is 0 Å². The van der Waals surface area contributed by atoms with Crippen LogP contribution in [0.2, 0.25) is 0 Å². The second-order valence-corrected chi connectivity index (χ2v) is 13.9. The summed E-state index contributed by atoms with van der Waals surface area (Å²) in [4.78, 5) is 13.7. The third-order valence-corrected chi connectivity index (χ3v) is 9.03. The summed E-state index contributed by atoms with van der Waals surface area (Å²) in [6, 6.07) is 40.1. The standard InChI is InChI=1S/C33H29N2O.C12H10N.Ir/c1-19-14-23-15-24(33(4,5)6)12-11-22(23)16-28(19)29-17-30(34-18-20(29)2)27-9-7-8-25-26-13-10-21(3)35-32(26)36-31(25)27;1-10-7-8-12(13-9-10)11-5-3-2-4-6-11;/h7-8,10-18H,1-6H3;2-5,7-9H,1H3;/q2*-1;. The number of rotatable bonds is 3. The van der Waals surface area contributed by atoms with Crippen molar-refractivity contribution in [3.05, 3.63) is 150 Å². The number of benzene rings is 4. The fraction of sp³-hybridized carbons (Fsp3) is 0.178. The predicted octanol–water partition coefficient (Wildman–Crippen LogP) is 11.7. The van der Waals surface area contributed by atoms with Crippen molar-refractivity contribution in [2.24, 2.45) is 0 Å². The molecule has 5 heteroatoms. The van der Waals surface area contributed by atoms with Crippen LogP contribution in [0.3, 0.4) is 0 Å². The predicted molar refractivity (Wildman–Crippen MR) is 203 cm³/mol. The van der Waals surface area contributed by atoms with Crippen molar-refractivity contribution < 1.29 is 24.5 Å². The number of aromatic nitrogens is 3. The Hall–Kier alpha value is -4.96. The van der Waals surface area contributed by atoms with Gasteiger partial charge in [-0.1, -0.05) is 74.2 Å². The molecule has 1 radical (unpaired) electrons. The van der Waals surface area contributed by atoms with Crippen LogP contribution in [0.25, 0.3) is 66.5 Å². The van der Waals surface area contributed by atoms with Crippen molar-refractivity contribution in [1.82, 2.24) is 15.0 Å². The molecule has 0 amide bonds. The number of hydrogen-bond acceptors (Lipinski definition) is 4. The van der Waals surface area contributed by atoms with E-state index >= 15 is 0 Å². The topological polar surface area (TPSA) is 51.8 Å². The molecule has 0 saturated carbocycles. The molecule has 0 aliphatic carbocycles. The van der Waals surface area contributed by atoms with Gasteiger partial charge in [-0.3, -0.25) is 0 Å². The van der Waals surface area contributed by atoms with Gasteiger partial charge < -0.3 is 14.4 Å². The molecule has 0 spiro atoms. The van der Waals surface area contributed by atoms with Crippen molar-refractivity contribution in [1.29, 1.82) is 0 Å². The van der Waals surface area contributed by atoms with Gasteiger partial charge in [0.2, 0.25) is 5.71 Å². The fourth-order valence-electron chi connectivity index (χ4n) is 6.20. The Bertz CT molecular complexity index is 2460. The number of furan rings is 1. The van der Waals surface area contributed by atoms with Gasteiger partial charge in [-0.25, -0.2) is 4.98 Å².